The summed E-state index contributed by atoms with van der Waals surface area (Å²) in [6, 6.07) is 0. The number of aliphatic hydroxyl groups excluding tert-OH is 3. The molecule has 0 aliphatic heterocycles. The molecule has 0 aliphatic carbocycles. The standard InChI is InChI=1S/C6H14O2.C3H8O2/c7-5-3-1-2-4-6-8;1-2-3(4)5/h7-8H,1-6H2;3-5H,2H2,1H3. The van der Waals surface area contributed by atoms with Crippen molar-refractivity contribution in [2.45, 2.75) is 45.3 Å². The molecule has 0 heterocycles. The van der Waals surface area contributed by atoms with Gasteiger partial charge in [-0.3, -0.25) is 0 Å². The third-order valence-electron chi connectivity index (χ3n) is 1.43. The van der Waals surface area contributed by atoms with Crippen LogP contribution in [0.1, 0.15) is 39.0 Å². The van der Waals surface area contributed by atoms with E-state index in [0.29, 0.717) is 6.42 Å². The molecule has 82 valence electrons. The fraction of sp³-hybridized carbons (Fsp3) is 1.00. The van der Waals surface area contributed by atoms with Gasteiger partial charge in [-0.05, 0) is 19.3 Å². The molecule has 0 radical (unpaired) electrons. The van der Waals surface area contributed by atoms with Crippen molar-refractivity contribution >= 4 is 0 Å². The van der Waals surface area contributed by atoms with Gasteiger partial charge < -0.3 is 20.4 Å². The Kier molecular flexibility index (Phi) is 16.9. The summed E-state index contributed by atoms with van der Waals surface area (Å²) < 4.78 is 0. The van der Waals surface area contributed by atoms with Crippen LogP contribution in [0.15, 0.2) is 0 Å². The summed E-state index contributed by atoms with van der Waals surface area (Å²) in [5, 5.41) is 32.4. The molecule has 0 saturated heterocycles. The molecular weight excluding hydrogens is 172 g/mol. The van der Waals surface area contributed by atoms with E-state index in [9.17, 15) is 0 Å². The lowest BCUT2D eigenvalue weighted by Gasteiger charge is -1.93. The predicted molar refractivity (Wildman–Crippen MR) is 51.2 cm³/mol. The summed E-state index contributed by atoms with van der Waals surface area (Å²) >= 11 is 0. The van der Waals surface area contributed by atoms with Crippen LogP contribution in [0.4, 0.5) is 0 Å². The summed E-state index contributed by atoms with van der Waals surface area (Å²) in [7, 11) is 0. The summed E-state index contributed by atoms with van der Waals surface area (Å²) in [6.07, 6.45) is 3.13. The Hall–Kier alpha value is -0.160. The normalized spacial score (nSPS) is 9.69. The van der Waals surface area contributed by atoms with Crippen LogP contribution in [0.25, 0.3) is 0 Å². The maximum atomic E-state index is 8.30. The highest BCUT2D eigenvalue weighted by Gasteiger charge is 1.84. The summed E-state index contributed by atoms with van der Waals surface area (Å²) in [5.41, 5.74) is 0. The maximum Gasteiger partial charge on any atom is 0.151 e. The van der Waals surface area contributed by atoms with Crippen LogP contribution in [-0.4, -0.2) is 39.9 Å². The van der Waals surface area contributed by atoms with E-state index in [2.05, 4.69) is 0 Å². The summed E-state index contributed by atoms with van der Waals surface area (Å²) in [6.45, 7) is 2.27. The zero-order chi connectivity index (χ0) is 10.5. The van der Waals surface area contributed by atoms with E-state index < -0.39 is 6.29 Å². The van der Waals surface area contributed by atoms with Crippen molar-refractivity contribution < 1.29 is 20.4 Å². The van der Waals surface area contributed by atoms with Crippen molar-refractivity contribution in [1.29, 1.82) is 0 Å². The Bertz CT molecular complexity index is 70.0. The van der Waals surface area contributed by atoms with Crippen molar-refractivity contribution in [1.82, 2.24) is 0 Å². The molecule has 4 N–H and O–H groups in total. The van der Waals surface area contributed by atoms with E-state index in [1.165, 1.54) is 0 Å². The molecule has 0 bridgehead atoms. The average Bonchev–Trinajstić information content (AvgIpc) is 2.14. The average molecular weight is 194 g/mol. The van der Waals surface area contributed by atoms with E-state index in [-0.39, 0.29) is 13.2 Å². The van der Waals surface area contributed by atoms with Gasteiger partial charge in [-0.25, -0.2) is 0 Å². The molecule has 0 unspecified atom stereocenters. The van der Waals surface area contributed by atoms with Gasteiger partial charge in [0, 0.05) is 13.2 Å². The largest absolute Gasteiger partial charge is 0.396 e. The Morgan fingerprint density at radius 1 is 0.846 bits per heavy atom. The fourth-order valence-corrected chi connectivity index (χ4v) is 0.577. The van der Waals surface area contributed by atoms with Gasteiger partial charge in [0.1, 0.15) is 0 Å². The van der Waals surface area contributed by atoms with Crippen molar-refractivity contribution in [2.24, 2.45) is 0 Å². The highest BCUT2D eigenvalue weighted by Crippen LogP contribution is 1.96. The highest BCUT2D eigenvalue weighted by atomic mass is 16.5. The molecule has 0 aromatic heterocycles. The van der Waals surface area contributed by atoms with E-state index in [4.69, 9.17) is 20.4 Å². The second-order valence-electron chi connectivity index (χ2n) is 2.75. The minimum atomic E-state index is -1.12. The molecule has 0 spiro atoms. The first-order valence-electron chi connectivity index (χ1n) is 4.76. The molecule has 13 heavy (non-hydrogen) atoms. The fourth-order valence-electron chi connectivity index (χ4n) is 0.577. The second kappa shape index (κ2) is 14.4. The molecule has 4 heteroatoms. The molecule has 0 amide bonds. The van der Waals surface area contributed by atoms with E-state index in [1.54, 1.807) is 6.92 Å². The lowest BCUT2D eigenvalue weighted by atomic mass is 10.2. The summed E-state index contributed by atoms with van der Waals surface area (Å²) in [4.78, 5) is 0. The van der Waals surface area contributed by atoms with E-state index >= 15 is 0 Å². The third kappa shape index (κ3) is 24.5. The molecular formula is C9H22O4. The van der Waals surface area contributed by atoms with Gasteiger partial charge >= 0.3 is 0 Å². The molecule has 4 nitrogen and oxygen atoms in total. The smallest absolute Gasteiger partial charge is 0.151 e. The van der Waals surface area contributed by atoms with Gasteiger partial charge in [0.05, 0.1) is 0 Å². The van der Waals surface area contributed by atoms with Gasteiger partial charge in [0.25, 0.3) is 0 Å². The monoisotopic (exact) mass is 194 g/mol. The van der Waals surface area contributed by atoms with Crippen LogP contribution in [-0.2, 0) is 0 Å². The lowest BCUT2D eigenvalue weighted by Crippen LogP contribution is -1.99. The second-order valence-corrected chi connectivity index (χ2v) is 2.75. The zero-order valence-corrected chi connectivity index (χ0v) is 8.32. The first kappa shape index (κ1) is 15.3. The molecule has 0 atom stereocenters. The maximum absolute atomic E-state index is 8.30. The van der Waals surface area contributed by atoms with Crippen molar-refractivity contribution in [2.75, 3.05) is 13.2 Å². The van der Waals surface area contributed by atoms with Crippen molar-refractivity contribution in [3.05, 3.63) is 0 Å². The third-order valence-corrected chi connectivity index (χ3v) is 1.43. The van der Waals surface area contributed by atoms with Crippen LogP contribution < -0.4 is 0 Å². The van der Waals surface area contributed by atoms with Crippen molar-refractivity contribution in [3.8, 4) is 0 Å². The quantitative estimate of drug-likeness (QED) is 0.360. The van der Waals surface area contributed by atoms with Gasteiger partial charge in [-0.1, -0.05) is 19.8 Å². The number of hydrogen-bond donors (Lipinski definition) is 4. The first-order chi connectivity index (χ1) is 6.18. The SMILES string of the molecule is CCC(O)O.OCCCCCCO. The first-order valence-corrected chi connectivity index (χ1v) is 4.76. The van der Waals surface area contributed by atoms with Gasteiger partial charge in [-0.2, -0.15) is 0 Å². The van der Waals surface area contributed by atoms with Crippen LogP contribution in [0.3, 0.4) is 0 Å². The van der Waals surface area contributed by atoms with Crippen LogP contribution in [0, 0.1) is 0 Å². The van der Waals surface area contributed by atoms with Gasteiger partial charge in [0.2, 0.25) is 0 Å². The molecule has 0 aliphatic rings. The Morgan fingerprint density at radius 3 is 1.31 bits per heavy atom. The molecule has 0 aromatic carbocycles. The predicted octanol–water partition coefficient (Wildman–Crippen LogP) is 0.238. The molecule has 0 aromatic rings. The number of aliphatic hydroxyl groups is 4. The molecule has 0 fully saturated rings. The van der Waals surface area contributed by atoms with Crippen LogP contribution >= 0.6 is 0 Å². The topological polar surface area (TPSA) is 80.9 Å². The number of unbranched alkanes of at least 4 members (excludes halogenated alkanes) is 3. The zero-order valence-electron chi connectivity index (χ0n) is 8.32. The van der Waals surface area contributed by atoms with Crippen LogP contribution in [0.2, 0.25) is 0 Å². The van der Waals surface area contributed by atoms with E-state index in [0.717, 1.165) is 25.7 Å². The Morgan fingerprint density at radius 2 is 1.15 bits per heavy atom. The van der Waals surface area contributed by atoms with Gasteiger partial charge in [-0.15, -0.1) is 0 Å². The van der Waals surface area contributed by atoms with Gasteiger partial charge in [0.15, 0.2) is 6.29 Å². The van der Waals surface area contributed by atoms with Crippen molar-refractivity contribution in [3.63, 3.8) is 0 Å². The molecule has 0 saturated carbocycles. The molecule has 0 rings (SSSR count). The Labute approximate surface area is 79.8 Å². The van der Waals surface area contributed by atoms with E-state index in [1.807, 2.05) is 0 Å². The lowest BCUT2D eigenvalue weighted by molar-refractivity contribution is -0.0413. The van der Waals surface area contributed by atoms with Crippen LogP contribution in [0.5, 0.6) is 0 Å². The minimum absolute atomic E-state index is 0.283. The number of rotatable bonds is 6. The summed E-state index contributed by atoms with van der Waals surface area (Å²) in [5.74, 6) is 0. The Balaban J connectivity index is 0. The highest BCUT2D eigenvalue weighted by molar-refractivity contribution is 4.39. The number of hydrogen-bond acceptors (Lipinski definition) is 4. The minimum Gasteiger partial charge on any atom is -0.396 e.